The normalized spacial score (nSPS) is 12.6. The lowest BCUT2D eigenvalue weighted by atomic mass is 10.1. The summed E-state index contributed by atoms with van der Waals surface area (Å²) in [4.78, 5) is 8.78. The maximum absolute atomic E-state index is 4.46. The Balaban J connectivity index is 2.30. The van der Waals surface area contributed by atoms with E-state index in [1.807, 2.05) is 30.9 Å². The van der Waals surface area contributed by atoms with Crippen LogP contribution in [0.15, 0.2) is 24.7 Å². The average molecular weight is 245 g/mol. The van der Waals surface area contributed by atoms with Crippen LogP contribution in [-0.2, 0) is 7.05 Å². The molecule has 0 amide bonds. The van der Waals surface area contributed by atoms with Gasteiger partial charge in [0.25, 0.3) is 0 Å². The first kappa shape index (κ1) is 12.7. The Bertz CT molecular complexity index is 488. The molecule has 0 spiro atoms. The number of hydrogen-bond acceptors (Lipinski definition) is 4. The van der Waals surface area contributed by atoms with E-state index in [1.165, 1.54) is 0 Å². The van der Waals surface area contributed by atoms with Crippen LogP contribution < -0.4 is 5.32 Å². The molecule has 1 atom stereocenters. The standard InChI is InChI=1S/C13H19N5/c1-4-6-14-13(12-5-7-17-18(12)3)11-9-15-10(2)8-16-11/h5,7-9,13-14H,4,6H2,1-3H3. The summed E-state index contributed by atoms with van der Waals surface area (Å²) in [6, 6.07) is 2.06. The molecule has 0 aliphatic rings. The topological polar surface area (TPSA) is 55.6 Å². The maximum Gasteiger partial charge on any atom is 0.0937 e. The third-order valence-corrected chi connectivity index (χ3v) is 2.85. The van der Waals surface area contributed by atoms with Gasteiger partial charge in [-0.3, -0.25) is 14.6 Å². The molecular weight excluding hydrogens is 226 g/mol. The van der Waals surface area contributed by atoms with Crippen LogP contribution in [0.3, 0.4) is 0 Å². The molecule has 0 radical (unpaired) electrons. The smallest absolute Gasteiger partial charge is 0.0937 e. The SMILES string of the molecule is CCCNC(c1cnc(C)cn1)c1ccnn1C. The summed E-state index contributed by atoms with van der Waals surface area (Å²) in [5.74, 6) is 0. The highest BCUT2D eigenvalue weighted by atomic mass is 15.3. The molecule has 2 rings (SSSR count). The molecule has 1 unspecified atom stereocenters. The lowest BCUT2D eigenvalue weighted by Crippen LogP contribution is -2.26. The number of nitrogens with one attached hydrogen (secondary N) is 1. The molecule has 0 saturated heterocycles. The third kappa shape index (κ3) is 2.73. The van der Waals surface area contributed by atoms with Crippen LogP contribution in [0, 0.1) is 6.92 Å². The van der Waals surface area contributed by atoms with Gasteiger partial charge in [0.15, 0.2) is 0 Å². The Hall–Kier alpha value is -1.75. The van der Waals surface area contributed by atoms with E-state index in [9.17, 15) is 0 Å². The second-order valence-corrected chi connectivity index (χ2v) is 4.35. The van der Waals surface area contributed by atoms with E-state index in [4.69, 9.17) is 0 Å². The molecule has 18 heavy (non-hydrogen) atoms. The van der Waals surface area contributed by atoms with Crippen LogP contribution in [-0.4, -0.2) is 26.3 Å². The zero-order valence-electron chi connectivity index (χ0n) is 11.1. The van der Waals surface area contributed by atoms with Crippen LogP contribution >= 0.6 is 0 Å². The van der Waals surface area contributed by atoms with Crippen molar-refractivity contribution in [1.82, 2.24) is 25.1 Å². The molecule has 96 valence electrons. The van der Waals surface area contributed by atoms with Gasteiger partial charge in [0.05, 0.1) is 29.3 Å². The zero-order chi connectivity index (χ0) is 13.0. The van der Waals surface area contributed by atoms with Crippen molar-refractivity contribution in [2.75, 3.05) is 6.54 Å². The second kappa shape index (κ2) is 5.73. The number of aromatic nitrogens is 4. The molecule has 2 aromatic heterocycles. The Kier molecular flexibility index (Phi) is 4.04. The van der Waals surface area contributed by atoms with Crippen LogP contribution in [0.4, 0.5) is 0 Å². The van der Waals surface area contributed by atoms with Gasteiger partial charge in [-0.2, -0.15) is 5.10 Å². The highest BCUT2D eigenvalue weighted by Crippen LogP contribution is 2.18. The first-order chi connectivity index (χ1) is 8.72. The molecule has 1 N–H and O–H groups in total. The molecule has 0 bridgehead atoms. The van der Waals surface area contributed by atoms with Gasteiger partial charge in [0, 0.05) is 19.4 Å². The lowest BCUT2D eigenvalue weighted by molar-refractivity contribution is 0.542. The molecule has 0 aliphatic heterocycles. The van der Waals surface area contributed by atoms with Crippen molar-refractivity contribution in [3.63, 3.8) is 0 Å². The van der Waals surface area contributed by atoms with E-state index in [1.54, 1.807) is 12.4 Å². The molecule has 0 aliphatic carbocycles. The highest BCUT2D eigenvalue weighted by molar-refractivity contribution is 5.20. The fourth-order valence-corrected chi connectivity index (χ4v) is 1.87. The van der Waals surface area contributed by atoms with E-state index in [2.05, 4.69) is 27.3 Å². The zero-order valence-corrected chi connectivity index (χ0v) is 11.1. The molecule has 5 heteroatoms. The lowest BCUT2D eigenvalue weighted by Gasteiger charge is -2.18. The van der Waals surface area contributed by atoms with Gasteiger partial charge >= 0.3 is 0 Å². The fourth-order valence-electron chi connectivity index (χ4n) is 1.87. The van der Waals surface area contributed by atoms with Crippen molar-refractivity contribution in [2.24, 2.45) is 7.05 Å². The molecular formula is C13H19N5. The summed E-state index contributed by atoms with van der Waals surface area (Å²) in [7, 11) is 1.94. The predicted octanol–water partition coefficient (Wildman–Crippen LogP) is 1.61. The van der Waals surface area contributed by atoms with Gasteiger partial charge in [-0.15, -0.1) is 0 Å². The fraction of sp³-hybridized carbons (Fsp3) is 0.462. The molecule has 0 aromatic carbocycles. The molecule has 0 fully saturated rings. The minimum Gasteiger partial charge on any atom is -0.304 e. The highest BCUT2D eigenvalue weighted by Gasteiger charge is 2.17. The van der Waals surface area contributed by atoms with Gasteiger partial charge in [0.1, 0.15) is 0 Å². The quantitative estimate of drug-likeness (QED) is 0.869. The van der Waals surface area contributed by atoms with Crippen molar-refractivity contribution in [3.05, 3.63) is 41.7 Å². The van der Waals surface area contributed by atoms with Crippen molar-refractivity contribution in [1.29, 1.82) is 0 Å². The Morgan fingerprint density at radius 1 is 1.33 bits per heavy atom. The number of hydrogen-bond donors (Lipinski definition) is 1. The van der Waals surface area contributed by atoms with Crippen LogP contribution in [0.25, 0.3) is 0 Å². The van der Waals surface area contributed by atoms with E-state index in [0.29, 0.717) is 0 Å². The van der Waals surface area contributed by atoms with Gasteiger partial charge in [-0.1, -0.05) is 6.92 Å². The number of nitrogens with zero attached hydrogens (tertiary/aromatic N) is 4. The third-order valence-electron chi connectivity index (χ3n) is 2.85. The monoisotopic (exact) mass is 245 g/mol. The van der Waals surface area contributed by atoms with Gasteiger partial charge in [-0.05, 0) is 26.0 Å². The van der Waals surface area contributed by atoms with E-state index in [-0.39, 0.29) is 6.04 Å². The Morgan fingerprint density at radius 2 is 2.17 bits per heavy atom. The van der Waals surface area contributed by atoms with Gasteiger partial charge < -0.3 is 5.32 Å². The van der Waals surface area contributed by atoms with Crippen LogP contribution in [0.1, 0.15) is 36.5 Å². The first-order valence-corrected chi connectivity index (χ1v) is 6.22. The van der Waals surface area contributed by atoms with Crippen molar-refractivity contribution in [3.8, 4) is 0 Å². The summed E-state index contributed by atoms with van der Waals surface area (Å²) >= 11 is 0. The summed E-state index contributed by atoms with van der Waals surface area (Å²) in [5.41, 5.74) is 2.96. The van der Waals surface area contributed by atoms with Crippen LogP contribution in [0.5, 0.6) is 0 Å². The van der Waals surface area contributed by atoms with E-state index >= 15 is 0 Å². The first-order valence-electron chi connectivity index (χ1n) is 6.22. The molecule has 2 aromatic rings. The largest absolute Gasteiger partial charge is 0.304 e. The molecule has 0 saturated carbocycles. The summed E-state index contributed by atoms with van der Waals surface area (Å²) < 4.78 is 1.87. The van der Waals surface area contributed by atoms with Crippen LogP contribution in [0.2, 0.25) is 0 Å². The minimum absolute atomic E-state index is 0.0468. The van der Waals surface area contributed by atoms with Crippen molar-refractivity contribution < 1.29 is 0 Å². The number of rotatable bonds is 5. The van der Waals surface area contributed by atoms with E-state index < -0.39 is 0 Å². The predicted molar refractivity (Wildman–Crippen MR) is 70.1 cm³/mol. The Labute approximate surface area is 107 Å². The van der Waals surface area contributed by atoms with Gasteiger partial charge in [-0.25, -0.2) is 0 Å². The number of aryl methyl sites for hydroxylation is 2. The summed E-state index contributed by atoms with van der Waals surface area (Å²) in [6.45, 7) is 5.02. The van der Waals surface area contributed by atoms with Crippen molar-refractivity contribution in [2.45, 2.75) is 26.3 Å². The van der Waals surface area contributed by atoms with Gasteiger partial charge in [0.2, 0.25) is 0 Å². The van der Waals surface area contributed by atoms with E-state index in [0.717, 1.165) is 30.0 Å². The Morgan fingerprint density at radius 3 is 2.72 bits per heavy atom. The summed E-state index contributed by atoms with van der Waals surface area (Å²) in [6.07, 6.45) is 6.51. The molecule has 5 nitrogen and oxygen atoms in total. The summed E-state index contributed by atoms with van der Waals surface area (Å²) in [5, 5.41) is 7.70. The minimum atomic E-state index is 0.0468. The maximum atomic E-state index is 4.46. The average Bonchev–Trinajstić information content (AvgIpc) is 2.78. The van der Waals surface area contributed by atoms with Crippen molar-refractivity contribution >= 4 is 0 Å². The second-order valence-electron chi connectivity index (χ2n) is 4.35. The molecule has 2 heterocycles.